The molecule has 1 N–H and O–H groups in total. The van der Waals surface area contributed by atoms with E-state index in [9.17, 15) is 26.4 Å². The first-order valence-electron chi connectivity index (χ1n) is 7.40. The number of rotatable bonds is 4. The SMILES string of the molecule is O=C(OC(SS(=O)(=O)O)C(F)(F)F)C12CC3CC(CC(C3)C1)C2. The Balaban J connectivity index is 1.77. The molecule has 0 aromatic rings. The number of carbonyl (C=O) groups is 1. The van der Waals surface area contributed by atoms with Crippen LogP contribution in [0.2, 0.25) is 0 Å². The summed E-state index contributed by atoms with van der Waals surface area (Å²) in [6.07, 6.45) is -0.506. The summed E-state index contributed by atoms with van der Waals surface area (Å²) in [6.45, 7) is 0. The summed E-state index contributed by atoms with van der Waals surface area (Å²) in [7, 11) is -5.79. The van der Waals surface area contributed by atoms with Gasteiger partial charge < -0.3 is 4.74 Å². The van der Waals surface area contributed by atoms with E-state index in [0.717, 1.165) is 19.3 Å². The van der Waals surface area contributed by atoms with Gasteiger partial charge in [0, 0.05) is 0 Å². The van der Waals surface area contributed by atoms with Gasteiger partial charge in [0.15, 0.2) is 0 Å². The Morgan fingerprint density at radius 2 is 1.57 bits per heavy atom. The van der Waals surface area contributed by atoms with Crippen molar-refractivity contribution in [2.24, 2.45) is 23.2 Å². The Kier molecular flexibility index (Phi) is 4.16. The highest BCUT2D eigenvalue weighted by Gasteiger charge is 2.57. The van der Waals surface area contributed by atoms with Crippen LogP contribution < -0.4 is 0 Å². The van der Waals surface area contributed by atoms with Crippen molar-refractivity contribution in [3.63, 3.8) is 0 Å². The van der Waals surface area contributed by atoms with Crippen LogP contribution in [-0.4, -0.2) is 30.6 Å². The fraction of sp³-hybridized carbons (Fsp3) is 0.923. The maximum Gasteiger partial charge on any atom is 0.436 e. The predicted molar refractivity (Wildman–Crippen MR) is 75.7 cm³/mol. The molecule has 23 heavy (non-hydrogen) atoms. The standard InChI is InChI=1S/C13H17F3O5S2/c14-13(15,16)11(22-23(18,19)20)21-10(17)12-4-7-1-8(5-12)3-9(2-7)6-12/h7-9,11H,1-6H2,(H,18,19,20). The highest BCUT2D eigenvalue weighted by molar-refractivity contribution is 8.70. The van der Waals surface area contributed by atoms with Crippen LogP contribution in [0.5, 0.6) is 0 Å². The molecule has 4 saturated carbocycles. The van der Waals surface area contributed by atoms with Crippen LogP contribution >= 0.6 is 10.8 Å². The Morgan fingerprint density at radius 1 is 1.13 bits per heavy atom. The van der Waals surface area contributed by atoms with Gasteiger partial charge in [0.05, 0.1) is 16.2 Å². The summed E-state index contributed by atoms with van der Waals surface area (Å²) in [6, 6.07) is 0. The Bertz CT molecular complexity index is 566. The Morgan fingerprint density at radius 3 is 1.91 bits per heavy atom. The van der Waals surface area contributed by atoms with Gasteiger partial charge in [-0.05, 0) is 56.3 Å². The molecular weight excluding hydrogens is 357 g/mol. The first-order chi connectivity index (χ1) is 10.5. The van der Waals surface area contributed by atoms with Crippen LogP contribution in [0, 0.1) is 23.2 Å². The van der Waals surface area contributed by atoms with E-state index in [-0.39, 0.29) is 0 Å². The Labute approximate surface area is 135 Å². The van der Waals surface area contributed by atoms with E-state index in [0.29, 0.717) is 37.0 Å². The molecule has 5 nitrogen and oxygen atoms in total. The number of hydrogen-bond donors (Lipinski definition) is 1. The Hall–Kier alpha value is -0.480. The van der Waals surface area contributed by atoms with Crippen LogP contribution in [0.15, 0.2) is 0 Å². The molecule has 0 spiro atoms. The zero-order valence-electron chi connectivity index (χ0n) is 12.1. The third-order valence-electron chi connectivity index (χ3n) is 5.16. The van der Waals surface area contributed by atoms with Crippen LogP contribution in [-0.2, 0) is 18.7 Å². The summed E-state index contributed by atoms with van der Waals surface area (Å²) in [5.41, 5.74) is -3.82. The molecule has 0 amide bonds. The van der Waals surface area contributed by atoms with Crippen LogP contribution in [0.4, 0.5) is 13.2 Å². The lowest BCUT2D eigenvalue weighted by atomic mass is 9.49. The smallest absolute Gasteiger partial charge is 0.436 e. The largest absolute Gasteiger partial charge is 0.440 e. The lowest BCUT2D eigenvalue weighted by Gasteiger charge is -2.55. The van der Waals surface area contributed by atoms with Gasteiger partial charge in [-0.15, -0.1) is 0 Å². The molecule has 4 aliphatic carbocycles. The van der Waals surface area contributed by atoms with Gasteiger partial charge >= 0.3 is 21.3 Å². The number of alkyl halides is 3. The lowest BCUT2D eigenvalue weighted by molar-refractivity contribution is -0.210. The second-order valence-corrected chi connectivity index (χ2v) is 10.3. The van der Waals surface area contributed by atoms with Gasteiger partial charge in [0.1, 0.15) is 0 Å². The third-order valence-corrected chi connectivity index (χ3v) is 7.20. The molecule has 0 aromatic carbocycles. The zero-order chi connectivity index (χ0) is 17.0. The highest BCUT2D eigenvalue weighted by atomic mass is 33.1. The van der Waals surface area contributed by atoms with Gasteiger partial charge in [-0.1, -0.05) is 0 Å². The van der Waals surface area contributed by atoms with E-state index < -0.39 is 42.9 Å². The van der Waals surface area contributed by atoms with E-state index in [1.165, 1.54) is 0 Å². The van der Waals surface area contributed by atoms with E-state index in [1.54, 1.807) is 0 Å². The van der Waals surface area contributed by atoms with Gasteiger partial charge in [-0.2, -0.15) is 21.6 Å². The van der Waals surface area contributed by atoms with Crippen LogP contribution in [0.3, 0.4) is 0 Å². The summed E-state index contributed by atoms with van der Waals surface area (Å²) in [5.74, 6) is 0.0437. The molecule has 0 aliphatic heterocycles. The van der Waals surface area contributed by atoms with Crippen molar-refractivity contribution in [1.82, 2.24) is 0 Å². The van der Waals surface area contributed by atoms with Crippen molar-refractivity contribution in [3.8, 4) is 0 Å². The molecule has 4 aliphatic rings. The molecular formula is C13H17F3O5S2. The molecule has 0 heterocycles. The lowest BCUT2D eigenvalue weighted by Crippen LogP contribution is -2.51. The molecule has 4 bridgehead atoms. The fourth-order valence-electron chi connectivity index (χ4n) is 4.83. The number of carbonyl (C=O) groups excluding carboxylic acids is 1. The topological polar surface area (TPSA) is 80.7 Å². The number of halogens is 3. The molecule has 1 atom stereocenters. The summed E-state index contributed by atoms with van der Waals surface area (Å²) >= 11 is 0. The maximum atomic E-state index is 12.9. The summed E-state index contributed by atoms with van der Waals surface area (Å²) in [5, 5.41) is 0. The normalized spacial score (nSPS) is 37.7. The van der Waals surface area contributed by atoms with Crippen molar-refractivity contribution in [1.29, 1.82) is 0 Å². The fourth-order valence-corrected chi connectivity index (χ4v) is 6.40. The summed E-state index contributed by atoms with van der Waals surface area (Å²) in [4.78, 5) is 12.4. The number of ether oxygens (including phenoxy) is 1. The van der Waals surface area contributed by atoms with Crippen molar-refractivity contribution in [2.75, 3.05) is 0 Å². The second kappa shape index (κ2) is 5.52. The molecule has 0 saturated heterocycles. The van der Waals surface area contributed by atoms with E-state index in [4.69, 9.17) is 4.55 Å². The van der Waals surface area contributed by atoms with Gasteiger partial charge in [0.25, 0.3) is 5.44 Å². The molecule has 0 aromatic heterocycles. The van der Waals surface area contributed by atoms with E-state index in [2.05, 4.69) is 4.74 Å². The molecule has 10 heteroatoms. The first kappa shape index (κ1) is 17.3. The zero-order valence-corrected chi connectivity index (χ0v) is 13.7. The van der Waals surface area contributed by atoms with E-state index >= 15 is 0 Å². The quantitative estimate of drug-likeness (QED) is 0.352. The van der Waals surface area contributed by atoms with Crippen LogP contribution in [0.1, 0.15) is 38.5 Å². The van der Waals surface area contributed by atoms with Crippen molar-refractivity contribution in [3.05, 3.63) is 0 Å². The molecule has 0 radical (unpaired) electrons. The average Bonchev–Trinajstić information content (AvgIpc) is 2.33. The monoisotopic (exact) mass is 374 g/mol. The van der Waals surface area contributed by atoms with Gasteiger partial charge in [-0.25, -0.2) is 0 Å². The van der Waals surface area contributed by atoms with Crippen molar-refractivity contribution < 1.29 is 35.7 Å². The third kappa shape index (κ3) is 3.63. The maximum absolute atomic E-state index is 12.9. The molecule has 4 rings (SSSR count). The number of hydrogen-bond acceptors (Lipinski definition) is 5. The minimum Gasteiger partial charge on any atom is -0.440 e. The molecule has 132 valence electrons. The minimum absolute atomic E-state index is 0.340. The first-order valence-corrected chi connectivity index (χ1v) is 10.2. The number of esters is 1. The highest BCUT2D eigenvalue weighted by Crippen LogP contribution is 2.60. The van der Waals surface area contributed by atoms with Gasteiger partial charge in [0.2, 0.25) is 0 Å². The van der Waals surface area contributed by atoms with Crippen LogP contribution in [0.25, 0.3) is 0 Å². The molecule has 4 fully saturated rings. The van der Waals surface area contributed by atoms with Crippen molar-refractivity contribution in [2.45, 2.75) is 50.1 Å². The average molecular weight is 374 g/mol. The minimum atomic E-state index is -5.07. The molecule has 1 unspecified atom stereocenters. The van der Waals surface area contributed by atoms with E-state index in [1.807, 2.05) is 0 Å². The predicted octanol–water partition coefficient (Wildman–Crippen LogP) is 3.17. The van der Waals surface area contributed by atoms with Gasteiger partial charge in [-0.3, -0.25) is 9.35 Å². The summed E-state index contributed by atoms with van der Waals surface area (Å²) < 4.78 is 73.4. The second-order valence-electron chi connectivity index (χ2n) is 7.00. The van der Waals surface area contributed by atoms with Crippen molar-refractivity contribution >= 4 is 25.9 Å².